The molecule has 2 heterocycles. The molecule has 2 N–H and O–H groups in total. The maximum atomic E-state index is 12.2. The van der Waals surface area contributed by atoms with Gasteiger partial charge in [-0.2, -0.15) is 0 Å². The Morgan fingerprint density at radius 3 is 2.96 bits per heavy atom. The molecule has 6 nitrogen and oxygen atoms in total. The number of carbonyl (C=O) groups excluding carboxylic acids is 2. The number of aromatic nitrogens is 1. The average Bonchev–Trinajstić information content (AvgIpc) is 2.70. The van der Waals surface area contributed by atoms with E-state index >= 15 is 0 Å². The zero-order valence-electron chi connectivity index (χ0n) is 12.7. The Hall–Kier alpha value is -2.47. The lowest BCUT2D eigenvalue weighted by atomic mass is 10.2. The first kappa shape index (κ1) is 15.4. The summed E-state index contributed by atoms with van der Waals surface area (Å²) in [4.78, 5) is 29.9. The molecule has 2 amide bonds. The van der Waals surface area contributed by atoms with E-state index in [2.05, 4.69) is 10.3 Å². The van der Waals surface area contributed by atoms with Gasteiger partial charge < -0.3 is 15.3 Å². The number of likely N-dealkylation sites (tertiary alicyclic amines) is 1. The van der Waals surface area contributed by atoms with Gasteiger partial charge >= 0.3 is 0 Å². The van der Waals surface area contributed by atoms with Gasteiger partial charge in [-0.1, -0.05) is 18.2 Å². The van der Waals surface area contributed by atoms with E-state index in [1.165, 1.54) is 4.90 Å². The van der Waals surface area contributed by atoms with Crippen molar-refractivity contribution >= 4 is 28.5 Å². The molecule has 120 valence electrons. The molecule has 0 bridgehead atoms. The predicted octanol–water partition coefficient (Wildman–Crippen LogP) is 1.55. The van der Waals surface area contributed by atoms with E-state index in [4.69, 9.17) is 0 Å². The van der Waals surface area contributed by atoms with Crippen molar-refractivity contribution in [1.29, 1.82) is 0 Å². The van der Waals surface area contributed by atoms with Crippen LogP contribution in [0.1, 0.15) is 19.3 Å². The molecule has 0 radical (unpaired) electrons. The summed E-state index contributed by atoms with van der Waals surface area (Å²) in [5, 5.41) is 13.4. The second-order valence-corrected chi connectivity index (χ2v) is 5.71. The van der Waals surface area contributed by atoms with E-state index in [1.54, 1.807) is 6.07 Å². The van der Waals surface area contributed by atoms with E-state index in [9.17, 15) is 14.7 Å². The van der Waals surface area contributed by atoms with Crippen molar-refractivity contribution in [2.75, 3.05) is 18.4 Å². The zero-order chi connectivity index (χ0) is 16.2. The maximum absolute atomic E-state index is 12.2. The van der Waals surface area contributed by atoms with Crippen LogP contribution >= 0.6 is 0 Å². The third-order valence-electron chi connectivity index (χ3n) is 3.95. The van der Waals surface area contributed by atoms with Crippen molar-refractivity contribution in [2.45, 2.75) is 25.4 Å². The Labute approximate surface area is 134 Å². The smallest absolute Gasteiger partial charge is 0.251 e. The summed E-state index contributed by atoms with van der Waals surface area (Å²) >= 11 is 0. The Morgan fingerprint density at radius 2 is 2.09 bits per heavy atom. The number of carbonyl (C=O) groups is 2. The number of hydrogen-bond donors (Lipinski definition) is 2. The van der Waals surface area contributed by atoms with Crippen LogP contribution in [-0.4, -0.2) is 46.0 Å². The molecule has 1 aliphatic heterocycles. The standard InChI is InChI=1S/C17H19N3O3/c21-14-7-3-4-10-20(17(14)23)11-16(22)19-15-9-8-12-5-1-2-6-13(12)18-15/h1-2,5-6,8-9,14,21H,3-4,7,10-11H2,(H,18,19,22). The van der Waals surface area contributed by atoms with Crippen LogP contribution in [0.4, 0.5) is 5.82 Å². The largest absolute Gasteiger partial charge is 0.383 e. The highest BCUT2D eigenvalue weighted by atomic mass is 16.3. The van der Waals surface area contributed by atoms with Gasteiger partial charge in [-0.3, -0.25) is 9.59 Å². The number of aliphatic hydroxyl groups excluding tert-OH is 1. The van der Waals surface area contributed by atoms with Crippen molar-refractivity contribution < 1.29 is 14.7 Å². The third-order valence-corrected chi connectivity index (χ3v) is 3.95. The zero-order valence-corrected chi connectivity index (χ0v) is 12.7. The Balaban J connectivity index is 1.66. The van der Waals surface area contributed by atoms with Gasteiger partial charge in [-0.25, -0.2) is 4.98 Å². The number of amides is 2. The SMILES string of the molecule is O=C(CN1CCCCC(O)C1=O)Nc1ccc2ccccc2n1. The first-order valence-corrected chi connectivity index (χ1v) is 7.76. The Morgan fingerprint density at radius 1 is 1.26 bits per heavy atom. The van der Waals surface area contributed by atoms with E-state index < -0.39 is 6.10 Å². The normalized spacial score (nSPS) is 18.7. The summed E-state index contributed by atoms with van der Waals surface area (Å²) in [6.07, 6.45) is 1.05. The van der Waals surface area contributed by atoms with E-state index in [0.29, 0.717) is 18.8 Å². The van der Waals surface area contributed by atoms with Crippen LogP contribution in [0.3, 0.4) is 0 Å². The minimum atomic E-state index is -0.996. The lowest BCUT2D eigenvalue weighted by Crippen LogP contribution is -2.42. The number of hydrogen-bond acceptors (Lipinski definition) is 4. The molecule has 6 heteroatoms. The molecule has 1 saturated heterocycles. The van der Waals surface area contributed by atoms with Gasteiger partial charge in [0.25, 0.3) is 5.91 Å². The van der Waals surface area contributed by atoms with Crippen molar-refractivity contribution in [1.82, 2.24) is 9.88 Å². The fourth-order valence-electron chi connectivity index (χ4n) is 2.73. The highest BCUT2D eigenvalue weighted by molar-refractivity contribution is 5.95. The quantitative estimate of drug-likeness (QED) is 0.900. The van der Waals surface area contributed by atoms with Crippen LogP contribution in [0, 0.1) is 0 Å². The molecule has 0 aliphatic carbocycles. The van der Waals surface area contributed by atoms with Crippen molar-refractivity contribution in [3.05, 3.63) is 36.4 Å². The van der Waals surface area contributed by atoms with Gasteiger partial charge in [0.2, 0.25) is 5.91 Å². The highest BCUT2D eigenvalue weighted by Gasteiger charge is 2.26. The van der Waals surface area contributed by atoms with Gasteiger partial charge in [0.05, 0.1) is 12.1 Å². The number of para-hydroxylation sites is 1. The predicted molar refractivity (Wildman–Crippen MR) is 86.8 cm³/mol. The first-order chi connectivity index (χ1) is 11.1. The van der Waals surface area contributed by atoms with Crippen LogP contribution in [0.2, 0.25) is 0 Å². The minimum absolute atomic E-state index is 0.0651. The number of anilines is 1. The molecule has 1 fully saturated rings. The van der Waals surface area contributed by atoms with E-state index in [0.717, 1.165) is 23.7 Å². The fraction of sp³-hybridized carbons (Fsp3) is 0.353. The Kier molecular flexibility index (Phi) is 4.52. The fourth-order valence-corrected chi connectivity index (χ4v) is 2.73. The molecule has 1 aromatic carbocycles. The highest BCUT2D eigenvalue weighted by Crippen LogP contribution is 2.15. The molecule has 1 unspecified atom stereocenters. The molecule has 0 saturated carbocycles. The lowest BCUT2D eigenvalue weighted by molar-refractivity contribution is -0.141. The summed E-state index contributed by atoms with van der Waals surface area (Å²) in [6.45, 7) is 0.429. The van der Waals surface area contributed by atoms with E-state index in [-0.39, 0.29) is 18.4 Å². The van der Waals surface area contributed by atoms with Crippen molar-refractivity contribution in [2.24, 2.45) is 0 Å². The van der Waals surface area contributed by atoms with Gasteiger partial charge in [0.1, 0.15) is 11.9 Å². The van der Waals surface area contributed by atoms with Gasteiger partial charge in [0.15, 0.2) is 0 Å². The van der Waals surface area contributed by atoms with Crippen LogP contribution in [0.5, 0.6) is 0 Å². The summed E-state index contributed by atoms with van der Waals surface area (Å²) in [5.74, 6) is -0.226. The third kappa shape index (κ3) is 3.65. The lowest BCUT2D eigenvalue weighted by Gasteiger charge is -2.21. The number of pyridine rings is 1. The molecule has 0 spiro atoms. The number of rotatable bonds is 3. The molecule has 23 heavy (non-hydrogen) atoms. The molecular formula is C17H19N3O3. The number of fused-ring (bicyclic) bond motifs is 1. The molecule has 1 atom stereocenters. The molecule has 1 aliphatic rings. The number of nitrogens with one attached hydrogen (secondary N) is 1. The average molecular weight is 313 g/mol. The topological polar surface area (TPSA) is 82.5 Å². The van der Waals surface area contributed by atoms with Crippen LogP contribution in [-0.2, 0) is 9.59 Å². The summed E-state index contributed by atoms with van der Waals surface area (Å²) < 4.78 is 0. The number of benzene rings is 1. The summed E-state index contributed by atoms with van der Waals surface area (Å²) in [6, 6.07) is 11.3. The monoisotopic (exact) mass is 313 g/mol. The minimum Gasteiger partial charge on any atom is -0.383 e. The van der Waals surface area contributed by atoms with E-state index in [1.807, 2.05) is 30.3 Å². The van der Waals surface area contributed by atoms with Crippen LogP contribution in [0.15, 0.2) is 36.4 Å². The first-order valence-electron chi connectivity index (χ1n) is 7.76. The molecular weight excluding hydrogens is 294 g/mol. The molecule has 1 aromatic heterocycles. The van der Waals surface area contributed by atoms with Crippen LogP contribution < -0.4 is 5.32 Å². The second kappa shape index (κ2) is 6.75. The van der Waals surface area contributed by atoms with Crippen molar-refractivity contribution in [3.8, 4) is 0 Å². The molecule has 2 aromatic rings. The van der Waals surface area contributed by atoms with Gasteiger partial charge in [0, 0.05) is 11.9 Å². The maximum Gasteiger partial charge on any atom is 0.251 e. The van der Waals surface area contributed by atoms with Gasteiger partial charge in [-0.05, 0) is 37.5 Å². The van der Waals surface area contributed by atoms with Crippen molar-refractivity contribution in [3.63, 3.8) is 0 Å². The van der Waals surface area contributed by atoms with Crippen LogP contribution in [0.25, 0.3) is 10.9 Å². The van der Waals surface area contributed by atoms with Gasteiger partial charge in [-0.15, -0.1) is 0 Å². The number of aliphatic hydroxyl groups is 1. The second-order valence-electron chi connectivity index (χ2n) is 5.71. The summed E-state index contributed by atoms with van der Waals surface area (Å²) in [5.41, 5.74) is 0.798. The Bertz CT molecular complexity index is 732. The molecule has 3 rings (SSSR count). The number of nitrogens with zero attached hydrogens (tertiary/aromatic N) is 2. The summed E-state index contributed by atoms with van der Waals surface area (Å²) in [7, 11) is 0.